The van der Waals surface area contributed by atoms with Gasteiger partial charge in [0.15, 0.2) is 0 Å². The van der Waals surface area contributed by atoms with E-state index in [9.17, 15) is 9.59 Å². The lowest BCUT2D eigenvalue weighted by Gasteiger charge is -2.31. The lowest BCUT2D eigenvalue weighted by molar-refractivity contribution is -0.131. The monoisotopic (exact) mass is 212 g/mol. The number of carbonyl (C=O) groups is 2. The van der Waals surface area contributed by atoms with E-state index in [1.54, 1.807) is 4.90 Å². The van der Waals surface area contributed by atoms with Gasteiger partial charge in [0.2, 0.25) is 11.8 Å². The normalized spacial score (nSPS) is 28.4. The Hall–Kier alpha value is -1.10. The molecule has 2 rings (SSSR count). The second-order valence-electron chi connectivity index (χ2n) is 4.19. The van der Waals surface area contributed by atoms with Crippen molar-refractivity contribution < 1.29 is 14.3 Å². The van der Waals surface area contributed by atoms with Crippen molar-refractivity contribution in [1.82, 2.24) is 4.90 Å². The van der Waals surface area contributed by atoms with Gasteiger partial charge in [0.05, 0.1) is 5.92 Å². The fraction of sp³-hybridized carbons (Fsp3) is 0.800. The molecule has 2 aliphatic rings. The molecule has 2 heterocycles. The van der Waals surface area contributed by atoms with Crippen LogP contribution in [0.3, 0.4) is 0 Å². The first kappa shape index (κ1) is 10.4. The summed E-state index contributed by atoms with van der Waals surface area (Å²) in [4.78, 5) is 24.5. The highest BCUT2D eigenvalue weighted by molar-refractivity contribution is 5.88. The number of ether oxygens (including phenoxy) is 1. The number of hydrogen-bond donors (Lipinski definition) is 1. The summed E-state index contributed by atoms with van der Waals surface area (Å²) in [5, 5.41) is 0. The lowest BCUT2D eigenvalue weighted by atomic mass is 10.1. The van der Waals surface area contributed by atoms with E-state index in [0.29, 0.717) is 19.8 Å². The van der Waals surface area contributed by atoms with Crippen molar-refractivity contribution in [3.05, 3.63) is 0 Å². The summed E-state index contributed by atoms with van der Waals surface area (Å²) in [6, 6.07) is 0.246. The zero-order valence-corrected chi connectivity index (χ0v) is 8.65. The molecular formula is C10H16N2O3. The van der Waals surface area contributed by atoms with Crippen LogP contribution in [-0.2, 0) is 14.3 Å². The molecule has 5 nitrogen and oxygen atoms in total. The van der Waals surface area contributed by atoms with Gasteiger partial charge in [0, 0.05) is 32.2 Å². The Kier molecular flexibility index (Phi) is 2.90. The van der Waals surface area contributed by atoms with Gasteiger partial charge in [-0.3, -0.25) is 9.59 Å². The molecule has 0 bridgehead atoms. The summed E-state index contributed by atoms with van der Waals surface area (Å²) in [7, 11) is 0. The van der Waals surface area contributed by atoms with Crippen LogP contribution in [0, 0.1) is 5.92 Å². The minimum atomic E-state index is -0.363. The summed E-state index contributed by atoms with van der Waals surface area (Å²) in [5.74, 6) is -0.594. The number of carbonyl (C=O) groups excluding carboxylic acids is 2. The first-order chi connectivity index (χ1) is 7.18. The molecule has 0 aromatic rings. The third kappa shape index (κ3) is 2.12. The number of hydrogen-bond acceptors (Lipinski definition) is 3. The molecule has 0 spiro atoms. The fourth-order valence-corrected chi connectivity index (χ4v) is 2.27. The first-order valence-electron chi connectivity index (χ1n) is 5.35. The molecule has 0 aromatic heterocycles. The molecule has 2 N–H and O–H groups in total. The van der Waals surface area contributed by atoms with Crippen LogP contribution in [0.5, 0.6) is 0 Å². The molecule has 0 radical (unpaired) electrons. The van der Waals surface area contributed by atoms with E-state index in [1.165, 1.54) is 0 Å². The number of nitrogens with two attached hydrogens (primary N) is 1. The summed E-state index contributed by atoms with van der Waals surface area (Å²) in [6.45, 7) is 1.91. The van der Waals surface area contributed by atoms with Gasteiger partial charge in [0.25, 0.3) is 0 Å². The van der Waals surface area contributed by atoms with Crippen LogP contribution in [0.2, 0.25) is 0 Å². The number of primary amides is 1. The van der Waals surface area contributed by atoms with Crippen molar-refractivity contribution >= 4 is 11.8 Å². The minimum Gasteiger partial charge on any atom is -0.381 e. The Morgan fingerprint density at radius 1 is 1.40 bits per heavy atom. The van der Waals surface area contributed by atoms with Crippen LogP contribution in [0.15, 0.2) is 0 Å². The highest BCUT2D eigenvalue weighted by Gasteiger charge is 2.37. The predicted molar refractivity (Wildman–Crippen MR) is 52.9 cm³/mol. The van der Waals surface area contributed by atoms with Gasteiger partial charge in [-0.05, 0) is 12.8 Å². The number of nitrogens with zero attached hydrogens (tertiary/aromatic N) is 1. The van der Waals surface area contributed by atoms with Crippen molar-refractivity contribution in [3.63, 3.8) is 0 Å². The third-order valence-corrected chi connectivity index (χ3v) is 3.19. The van der Waals surface area contributed by atoms with E-state index >= 15 is 0 Å². The summed E-state index contributed by atoms with van der Waals surface area (Å²) >= 11 is 0. The van der Waals surface area contributed by atoms with E-state index in [-0.39, 0.29) is 30.2 Å². The molecule has 2 aliphatic heterocycles. The van der Waals surface area contributed by atoms with Gasteiger partial charge in [-0.1, -0.05) is 0 Å². The summed E-state index contributed by atoms with van der Waals surface area (Å²) < 4.78 is 5.24. The molecule has 0 saturated carbocycles. The van der Waals surface area contributed by atoms with Crippen LogP contribution in [0.4, 0.5) is 0 Å². The van der Waals surface area contributed by atoms with Crippen LogP contribution < -0.4 is 5.73 Å². The maximum Gasteiger partial charge on any atom is 0.223 e. The number of rotatable bonds is 2. The largest absolute Gasteiger partial charge is 0.381 e. The van der Waals surface area contributed by atoms with E-state index in [0.717, 1.165) is 12.8 Å². The van der Waals surface area contributed by atoms with Crippen molar-refractivity contribution in [2.24, 2.45) is 11.7 Å². The Morgan fingerprint density at radius 2 is 2.07 bits per heavy atom. The van der Waals surface area contributed by atoms with Crippen LogP contribution in [0.1, 0.15) is 19.3 Å². The predicted octanol–water partition coefficient (Wildman–Crippen LogP) is -0.501. The molecule has 0 aromatic carbocycles. The molecule has 5 heteroatoms. The van der Waals surface area contributed by atoms with Gasteiger partial charge < -0.3 is 15.4 Å². The average molecular weight is 212 g/mol. The molecule has 0 unspecified atom stereocenters. The van der Waals surface area contributed by atoms with E-state index in [2.05, 4.69) is 0 Å². The molecule has 2 saturated heterocycles. The average Bonchev–Trinajstić information content (AvgIpc) is 2.62. The maximum atomic E-state index is 11.7. The van der Waals surface area contributed by atoms with Crippen molar-refractivity contribution in [2.75, 3.05) is 19.8 Å². The minimum absolute atomic E-state index is 0.0608. The Balaban J connectivity index is 1.97. The van der Waals surface area contributed by atoms with Crippen LogP contribution in [-0.4, -0.2) is 42.5 Å². The van der Waals surface area contributed by atoms with Crippen LogP contribution >= 0.6 is 0 Å². The van der Waals surface area contributed by atoms with Crippen molar-refractivity contribution in [3.8, 4) is 0 Å². The second-order valence-corrected chi connectivity index (χ2v) is 4.19. The quantitative estimate of drug-likeness (QED) is 0.670. The Labute approximate surface area is 88.5 Å². The van der Waals surface area contributed by atoms with E-state index in [1.807, 2.05) is 0 Å². The molecule has 2 amide bonds. The highest BCUT2D eigenvalue weighted by Crippen LogP contribution is 2.24. The molecule has 2 fully saturated rings. The van der Waals surface area contributed by atoms with Gasteiger partial charge in [0.1, 0.15) is 0 Å². The molecule has 84 valence electrons. The Morgan fingerprint density at radius 3 is 2.60 bits per heavy atom. The van der Waals surface area contributed by atoms with Gasteiger partial charge >= 0.3 is 0 Å². The lowest BCUT2D eigenvalue weighted by Crippen LogP contribution is -2.41. The smallest absolute Gasteiger partial charge is 0.223 e. The van der Waals surface area contributed by atoms with E-state index < -0.39 is 0 Å². The van der Waals surface area contributed by atoms with Gasteiger partial charge in [-0.15, -0.1) is 0 Å². The zero-order chi connectivity index (χ0) is 10.8. The summed E-state index contributed by atoms with van der Waals surface area (Å²) in [5.41, 5.74) is 5.21. The standard InChI is InChI=1S/C10H16N2O3/c11-10(14)7-5-9(13)12(6-7)8-1-3-15-4-2-8/h7-8H,1-6H2,(H2,11,14)/t7-/m1/s1. The second kappa shape index (κ2) is 4.18. The Bertz CT molecular complexity index is 274. The van der Waals surface area contributed by atoms with Crippen LogP contribution in [0.25, 0.3) is 0 Å². The van der Waals surface area contributed by atoms with Gasteiger partial charge in [-0.2, -0.15) is 0 Å². The molecule has 0 aliphatic carbocycles. The molecule has 1 atom stereocenters. The number of amides is 2. The topological polar surface area (TPSA) is 72.6 Å². The molecule has 15 heavy (non-hydrogen) atoms. The first-order valence-corrected chi connectivity index (χ1v) is 5.35. The maximum absolute atomic E-state index is 11.7. The molecular weight excluding hydrogens is 196 g/mol. The summed E-state index contributed by atoms with van der Waals surface area (Å²) in [6.07, 6.45) is 2.03. The van der Waals surface area contributed by atoms with Crippen molar-refractivity contribution in [1.29, 1.82) is 0 Å². The fourth-order valence-electron chi connectivity index (χ4n) is 2.27. The third-order valence-electron chi connectivity index (χ3n) is 3.19. The van der Waals surface area contributed by atoms with E-state index in [4.69, 9.17) is 10.5 Å². The highest BCUT2D eigenvalue weighted by atomic mass is 16.5. The van der Waals surface area contributed by atoms with Crippen molar-refractivity contribution in [2.45, 2.75) is 25.3 Å². The number of likely N-dealkylation sites (tertiary alicyclic amines) is 1. The SMILES string of the molecule is NC(=O)[C@@H]1CC(=O)N(C2CCOCC2)C1. The zero-order valence-electron chi connectivity index (χ0n) is 8.65. The van der Waals surface area contributed by atoms with Gasteiger partial charge in [-0.25, -0.2) is 0 Å².